The number of halogens is 1. The van der Waals surface area contributed by atoms with Gasteiger partial charge in [0.25, 0.3) is 0 Å². The Morgan fingerprint density at radius 3 is 2.76 bits per heavy atom. The van der Waals surface area contributed by atoms with Crippen molar-refractivity contribution in [3.05, 3.63) is 47.0 Å². The lowest BCUT2D eigenvalue weighted by atomic mass is 10.1. The standard InChI is InChI=1S/C21H27ClN6O/c1-14(2)19-13-26-21(27-19)20-18(24-11-16-4-3-15(22)10-23-16)9-17(12-25-20)28-5-7-29-8-6-28/h3-4,9-10,12,14,19,24H,5-8,11,13H2,1-2H3,(H,26,27). The smallest absolute Gasteiger partial charge is 0.149 e. The molecule has 1 fully saturated rings. The molecule has 4 heterocycles. The Balaban J connectivity index is 1.58. The first-order valence-electron chi connectivity index (χ1n) is 10.1. The van der Waals surface area contributed by atoms with Crippen molar-refractivity contribution in [1.29, 1.82) is 0 Å². The van der Waals surface area contributed by atoms with Gasteiger partial charge in [0, 0.05) is 25.3 Å². The fourth-order valence-corrected chi connectivity index (χ4v) is 3.56. The molecule has 0 saturated carbocycles. The maximum absolute atomic E-state index is 5.95. The van der Waals surface area contributed by atoms with Crippen molar-refractivity contribution < 1.29 is 4.74 Å². The van der Waals surface area contributed by atoms with Crippen LogP contribution in [0.3, 0.4) is 0 Å². The molecule has 2 N–H and O–H groups in total. The van der Waals surface area contributed by atoms with Crippen molar-refractivity contribution >= 4 is 28.8 Å². The lowest BCUT2D eigenvalue weighted by molar-refractivity contribution is 0.122. The van der Waals surface area contributed by atoms with Crippen molar-refractivity contribution in [2.24, 2.45) is 10.9 Å². The Morgan fingerprint density at radius 2 is 2.07 bits per heavy atom. The molecule has 154 valence electrons. The molecule has 1 atom stereocenters. The van der Waals surface area contributed by atoms with E-state index in [9.17, 15) is 0 Å². The van der Waals surface area contributed by atoms with Crippen LogP contribution in [0.4, 0.5) is 11.4 Å². The SMILES string of the molecule is CC(C)C1CN=C(c2ncc(N3CCOCC3)cc2NCc2ccc(Cl)cn2)N1. The molecular weight excluding hydrogens is 388 g/mol. The summed E-state index contributed by atoms with van der Waals surface area (Å²) in [5.74, 6) is 1.36. The molecule has 2 aromatic heterocycles. The fraction of sp³-hybridized carbons (Fsp3) is 0.476. The number of morpholine rings is 1. The average Bonchev–Trinajstić information content (AvgIpc) is 3.24. The summed E-state index contributed by atoms with van der Waals surface area (Å²) in [5.41, 5.74) is 3.79. The van der Waals surface area contributed by atoms with Crippen LogP contribution in [0.2, 0.25) is 5.02 Å². The molecule has 0 radical (unpaired) electrons. The summed E-state index contributed by atoms with van der Waals surface area (Å²) in [6, 6.07) is 6.27. The minimum Gasteiger partial charge on any atom is -0.378 e. The van der Waals surface area contributed by atoms with Crippen LogP contribution in [0.15, 0.2) is 35.6 Å². The number of amidine groups is 1. The van der Waals surface area contributed by atoms with E-state index in [2.05, 4.69) is 40.4 Å². The Labute approximate surface area is 176 Å². The van der Waals surface area contributed by atoms with Gasteiger partial charge in [0.15, 0.2) is 0 Å². The number of nitrogens with one attached hydrogen (secondary N) is 2. The zero-order valence-electron chi connectivity index (χ0n) is 16.9. The van der Waals surface area contributed by atoms with E-state index >= 15 is 0 Å². The van der Waals surface area contributed by atoms with Gasteiger partial charge in [0.1, 0.15) is 11.5 Å². The van der Waals surface area contributed by atoms with E-state index in [1.165, 1.54) is 0 Å². The van der Waals surface area contributed by atoms with Crippen LogP contribution in [-0.2, 0) is 11.3 Å². The Hall–Kier alpha value is -2.38. The second kappa shape index (κ2) is 8.97. The Kier molecular flexibility index (Phi) is 6.16. The van der Waals surface area contributed by atoms with E-state index in [1.54, 1.807) is 6.20 Å². The number of hydrogen-bond acceptors (Lipinski definition) is 7. The molecule has 1 unspecified atom stereocenters. The second-order valence-corrected chi connectivity index (χ2v) is 8.13. The minimum absolute atomic E-state index is 0.344. The minimum atomic E-state index is 0.344. The molecular formula is C21H27ClN6O. The molecule has 0 aliphatic carbocycles. The van der Waals surface area contributed by atoms with Crippen LogP contribution in [0.5, 0.6) is 0 Å². The van der Waals surface area contributed by atoms with E-state index in [0.29, 0.717) is 23.5 Å². The van der Waals surface area contributed by atoms with E-state index in [-0.39, 0.29) is 0 Å². The molecule has 0 aromatic carbocycles. The van der Waals surface area contributed by atoms with E-state index < -0.39 is 0 Å². The van der Waals surface area contributed by atoms with Crippen LogP contribution in [0.1, 0.15) is 25.2 Å². The van der Waals surface area contributed by atoms with Gasteiger partial charge in [-0.2, -0.15) is 0 Å². The van der Waals surface area contributed by atoms with Crippen molar-refractivity contribution in [2.75, 3.05) is 43.1 Å². The number of pyridine rings is 2. The highest BCUT2D eigenvalue weighted by atomic mass is 35.5. The second-order valence-electron chi connectivity index (χ2n) is 7.69. The number of aromatic nitrogens is 2. The molecule has 2 aliphatic rings. The van der Waals surface area contributed by atoms with Gasteiger partial charge in [-0.25, -0.2) is 4.98 Å². The van der Waals surface area contributed by atoms with Gasteiger partial charge in [-0.3, -0.25) is 9.98 Å². The van der Waals surface area contributed by atoms with Crippen molar-refractivity contribution in [2.45, 2.75) is 26.4 Å². The topological polar surface area (TPSA) is 74.7 Å². The summed E-state index contributed by atoms with van der Waals surface area (Å²) in [6.07, 6.45) is 3.59. The quantitative estimate of drug-likeness (QED) is 0.757. The molecule has 8 heteroatoms. The normalized spacial score (nSPS) is 19.2. The summed E-state index contributed by atoms with van der Waals surface area (Å²) < 4.78 is 5.48. The zero-order valence-corrected chi connectivity index (χ0v) is 17.6. The number of aliphatic imine (C=N–C) groups is 1. The van der Waals surface area contributed by atoms with Gasteiger partial charge in [0.05, 0.1) is 54.6 Å². The third-order valence-electron chi connectivity index (χ3n) is 5.30. The lowest BCUT2D eigenvalue weighted by Gasteiger charge is -2.29. The van der Waals surface area contributed by atoms with Gasteiger partial charge in [-0.1, -0.05) is 25.4 Å². The summed E-state index contributed by atoms with van der Waals surface area (Å²) in [5, 5.41) is 7.67. The first-order chi connectivity index (χ1) is 14.1. The lowest BCUT2D eigenvalue weighted by Crippen LogP contribution is -2.37. The van der Waals surface area contributed by atoms with Crippen LogP contribution in [0.25, 0.3) is 0 Å². The maximum atomic E-state index is 5.95. The molecule has 29 heavy (non-hydrogen) atoms. The van der Waals surface area contributed by atoms with Gasteiger partial charge in [-0.15, -0.1) is 0 Å². The molecule has 0 spiro atoms. The van der Waals surface area contributed by atoms with Crippen LogP contribution < -0.4 is 15.5 Å². The van der Waals surface area contributed by atoms with Crippen LogP contribution in [-0.4, -0.2) is 54.7 Å². The fourth-order valence-electron chi connectivity index (χ4n) is 3.45. The highest BCUT2D eigenvalue weighted by Crippen LogP contribution is 2.25. The summed E-state index contributed by atoms with van der Waals surface area (Å²) >= 11 is 5.95. The predicted octanol–water partition coefficient (Wildman–Crippen LogP) is 2.95. The van der Waals surface area contributed by atoms with Gasteiger partial charge >= 0.3 is 0 Å². The van der Waals surface area contributed by atoms with E-state index in [4.69, 9.17) is 26.3 Å². The van der Waals surface area contributed by atoms with Crippen molar-refractivity contribution in [3.63, 3.8) is 0 Å². The predicted molar refractivity (Wildman–Crippen MR) is 117 cm³/mol. The molecule has 0 bridgehead atoms. The van der Waals surface area contributed by atoms with E-state index in [1.807, 2.05) is 18.3 Å². The summed E-state index contributed by atoms with van der Waals surface area (Å²) in [6.45, 7) is 8.99. The van der Waals surface area contributed by atoms with Crippen LogP contribution in [0, 0.1) is 5.92 Å². The van der Waals surface area contributed by atoms with Gasteiger partial charge in [-0.05, 0) is 24.1 Å². The van der Waals surface area contributed by atoms with Gasteiger partial charge in [0.2, 0.25) is 0 Å². The highest BCUT2D eigenvalue weighted by molar-refractivity contribution is 6.30. The third kappa shape index (κ3) is 4.79. The zero-order chi connectivity index (χ0) is 20.2. The number of nitrogens with zero attached hydrogens (tertiary/aromatic N) is 4. The Bertz CT molecular complexity index is 864. The molecule has 2 aliphatic heterocycles. The molecule has 7 nitrogen and oxygen atoms in total. The first-order valence-corrected chi connectivity index (χ1v) is 10.5. The number of hydrogen-bond donors (Lipinski definition) is 2. The van der Waals surface area contributed by atoms with Crippen LogP contribution >= 0.6 is 11.6 Å². The van der Waals surface area contributed by atoms with Gasteiger partial charge < -0.3 is 20.3 Å². The maximum Gasteiger partial charge on any atom is 0.149 e. The molecule has 0 amide bonds. The molecule has 1 saturated heterocycles. The monoisotopic (exact) mass is 414 g/mol. The first kappa shape index (κ1) is 19.9. The number of ether oxygens (including phenoxy) is 1. The molecule has 2 aromatic rings. The average molecular weight is 415 g/mol. The highest BCUT2D eigenvalue weighted by Gasteiger charge is 2.24. The van der Waals surface area contributed by atoms with E-state index in [0.717, 1.165) is 61.4 Å². The number of rotatable bonds is 6. The summed E-state index contributed by atoms with van der Waals surface area (Å²) in [7, 11) is 0. The molecule has 4 rings (SSSR count). The summed E-state index contributed by atoms with van der Waals surface area (Å²) in [4.78, 5) is 16.2. The Morgan fingerprint density at radius 1 is 1.24 bits per heavy atom. The van der Waals surface area contributed by atoms with Crippen molar-refractivity contribution in [1.82, 2.24) is 15.3 Å². The largest absolute Gasteiger partial charge is 0.378 e. The van der Waals surface area contributed by atoms with Crippen molar-refractivity contribution in [3.8, 4) is 0 Å². The third-order valence-corrected chi connectivity index (χ3v) is 5.52. The number of anilines is 2.